The van der Waals surface area contributed by atoms with Crippen LogP contribution in [-0.4, -0.2) is 35.7 Å². The van der Waals surface area contributed by atoms with Crippen LogP contribution < -0.4 is 21.7 Å². The topological polar surface area (TPSA) is 123 Å². The predicted octanol–water partition coefficient (Wildman–Crippen LogP) is 0.674. The molecule has 0 bridgehead atoms. The summed E-state index contributed by atoms with van der Waals surface area (Å²) in [5.41, 5.74) is 2.25. The second-order valence-electron chi connectivity index (χ2n) is 7.02. The van der Waals surface area contributed by atoms with Gasteiger partial charge in [0.15, 0.2) is 11.1 Å². The van der Waals surface area contributed by atoms with Crippen molar-refractivity contribution in [2.75, 3.05) is 5.32 Å². The fourth-order valence-electron chi connectivity index (χ4n) is 3.08. The number of hydrogen-bond donors (Lipinski definition) is 4. The lowest BCUT2D eigenvalue weighted by Crippen LogP contribution is -2.20. The van der Waals surface area contributed by atoms with Crippen LogP contribution in [0.3, 0.4) is 0 Å². The normalized spacial score (nSPS) is 15.3. The number of benzene rings is 1. The lowest BCUT2D eigenvalue weighted by atomic mass is 10.2. The van der Waals surface area contributed by atoms with Crippen molar-refractivity contribution in [3.63, 3.8) is 0 Å². The van der Waals surface area contributed by atoms with Crippen molar-refractivity contribution in [1.29, 1.82) is 0 Å². The fraction of sp³-hybridized carbons (Fsp3) is 0.200. The van der Waals surface area contributed by atoms with Crippen molar-refractivity contribution >= 4 is 17.5 Å². The molecule has 0 aliphatic heterocycles. The average Bonchev–Trinajstić information content (AvgIpc) is 3.36. The zero-order valence-electron chi connectivity index (χ0n) is 15.5. The van der Waals surface area contributed by atoms with Crippen molar-refractivity contribution < 1.29 is 5.11 Å². The molecule has 0 radical (unpaired) electrons. The summed E-state index contributed by atoms with van der Waals surface area (Å²) in [5.74, 6) is 0.457. The first-order chi connectivity index (χ1) is 14.2. The summed E-state index contributed by atoms with van der Waals surface area (Å²) >= 11 is 0. The summed E-state index contributed by atoms with van der Waals surface area (Å²) in [5, 5.41) is 18.3. The van der Waals surface area contributed by atoms with Gasteiger partial charge in [-0.2, -0.15) is 9.61 Å². The first-order valence-electron chi connectivity index (χ1n) is 9.39. The van der Waals surface area contributed by atoms with Crippen molar-refractivity contribution in [3.8, 4) is 5.88 Å². The Kier molecular flexibility index (Phi) is 4.12. The fourth-order valence-corrected chi connectivity index (χ4v) is 3.08. The van der Waals surface area contributed by atoms with Gasteiger partial charge in [0.1, 0.15) is 11.5 Å². The van der Waals surface area contributed by atoms with E-state index in [1.807, 2.05) is 36.4 Å². The van der Waals surface area contributed by atoms with Gasteiger partial charge in [0.2, 0.25) is 5.88 Å². The third-order valence-corrected chi connectivity index (χ3v) is 4.69. The Morgan fingerprint density at radius 1 is 1.28 bits per heavy atom. The van der Waals surface area contributed by atoms with E-state index >= 15 is 0 Å². The Labute approximate surface area is 164 Å². The molecule has 0 unspecified atom stereocenters. The first kappa shape index (κ1) is 17.2. The van der Waals surface area contributed by atoms with Gasteiger partial charge < -0.3 is 15.4 Å². The molecule has 9 nitrogen and oxygen atoms in total. The largest absolute Gasteiger partial charge is 0.493 e. The Morgan fingerprint density at radius 3 is 2.83 bits per heavy atom. The Bertz CT molecular complexity index is 1350. The van der Waals surface area contributed by atoms with Crippen LogP contribution in [0.25, 0.3) is 11.7 Å². The molecule has 0 atom stereocenters. The van der Waals surface area contributed by atoms with Crippen molar-refractivity contribution in [1.82, 2.24) is 24.6 Å². The maximum absolute atomic E-state index is 11.4. The van der Waals surface area contributed by atoms with E-state index in [9.17, 15) is 9.90 Å². The molecule has 5 rings (SSSR count). The number of nitrogens with zero attached hydrogens (tertiary/aromatic N) is 4. The van der Waals surface area contributed by atoms with Crippen molar-refractivity contribution in [3.05, 3.63) is 75.0 Å². The number of nitrogens with one attached hydrogen (secondary N) is 3. The molecule has 3 aromatic heterocycles. The summed E-state index contributed by atoms with van der Waals surface area (Å²) in [7, 11) is 0. The standard InChI is InChI=1S/C20H19N7O2/c28-19-15(24-20(29)26-19)8-13-11-22-27-17(23-14-6-7-14)9-16(25-18(13)27)21-10-12-4-2-1-3-5-12/h1-5,8-9,11,14,21,28H,6-7,10H2,(H2,24,26,29)/b13-8+,23-17?. The van der Waals surface area contributed by atoms with E-state index in [0.29, 0.717) is 29.3 Å². The van der Waals surface area contributed by atoms with E-state index in [1.54, 1.807) is 16.8 Å². The number of rotatable bonds is 5. The second kappa shape index (κ2) is 6.93. The molecule has 0 spiro atoms. The molecule has 1 saturated carbocycles. The smallest absolute Gasteiger partial charge is 0.326 e. The van der Waals surface area contributed by atoms with Crippen LogP contribution in [0, 0.1) is 0 Å². The summed E-state index contributed by atoms with van der Waals surface area (Å²) < 4.78 is 1.68. The molecule has 4 N–H and O–H groups in total. The number of hydrogen-bond acceptors (Lipinski definition) is 6. The molecule has 146 valence electrons. The summed E-state index contributed by atoms with van der Waals surface area (Å²) in [4.78, 5) is 25.7. The molecular formula is C20H19N7O2. The highest BCUT2D eigenvalue weighted by molar-refractivity contribution is 5.57. The molecule has 1 fully saturated rings. The highest BCUT2D eigenvalue weighted by atomic mass is 16.3. The highest BCUT2D eigenvalue weighted by Gasteiger charge is 2.20. The molecular weight excluding hydrogens is 370 g/mol. The lowest BCUT2D eigenvalue weighted by molar-refractivity contribution is 0.454. The van der Waals surface area contributed by atoms with E-state index in [-0.39, 0.29) is 11.6 Å². The van der Waals surface area contributed by atoms with Crippen LogP contribution >= 0.6 is 0 Å². The molecule has 29 heavy (non-hydrogen) atoms. The zero-order valence-corrected chi connectivity index (χ0v) is 15.5. The minimum Gasteiger partial charge on any atom is -0.493 e. The molecule has 9 heteroatoms. The molecule has 0 saturated heterocycles. The monoisotopic (exact) mass is 389 g/mol. The Hall–Kier alpha value is -3.88. The third kappa shape index (κ3) is 3.62. The molecule has 0 amide bonds. The number of fused-ring (bicyclic) bond motifs is 1. The average molecular weight is 389 g/mol. The minimum absolute atomic E-state index is 0.226. The maximum Gasteiger partial charge on any atom is 0.326 e. The van der Waals surface area contributed by atoms with Gasteiger partial charge in [-0.3, -0.25) is 9.98 Å². The predicted molar refractivity (Wildman–Crippen MR) is 107 cm³/mol. The van der Waals surface area contributed by atoms with Crippen molar-refractivity contribution in [2.24, 2.45) is 4.99 Å². The minimum atomic E-state index is -0.479. The number of H-pyrrole nitrogens is 2. The van der Waals surface area contributed by atoms with Crippen LogP contribution in [0.1, 0.15) is 24.1 Å². The van der Waals surface area contributed by atoms with Gasteiger partial charge >= 0.3 is 5.69 Å². The van der Waals surface area contributed by atoms with E-state index in [2.05, 4.69) is 25.4 Å². The molecule has 1 aliphatic carbocycles. The molecule has 4 aromatic rings. The van der Waals surface area contributed by atoms with Crippen LogP contribution in [0.15, 0.2) is 52.4 Å². The van der Waals surface area contributed by atoms with Gasteiger partial charge in [-0.05, 0) is 24.5 Å². The van der Waals surface area contributed by atoms with Crippen LogP contribution in [-0.2, 0) is 6.54 Å². The van der Waals surface area contributed by atoms with E-state index in [1.165, 1.54) is 0 Å². The van der Waals surface area contributed by atoms with Gasteiger partial charge in [0.25, 0.3) is 0 Å². The van der Waals surface area contributed by atoms with Crippen molar-refractivity contribution in [2.45, 2.75) is 25.4 Å². The molecule has 3 heterocycles. The number of anilines is 1. The van der Waals surface area contributed by atoms with E-state index in [0.717, 1.165) is 23.9 Å². The van der Waals surface area contributed by atoms with Gasteiger partial charge in [0, 0.05) is 17.8 Å². The van der Waals surface area contributed by atoms with E-state index < -0.39 is 5.69 Å². The number of imidazole rings is 1. The number of aromatic nitrogens is 5. The lowest BCUT2D eigenvalue weighted by Gasteiger charge is -2.06. The van der Waals surface area contributed by atoms with E-state index in [4.69, 9.17) is 4.99 Å². The summed E-state index contributed by atoms with van der Waals surface area (Å²) in [6.45, 7) is 0.631. The summed E-state index contributed by atoms with van der Waals surface area (Å²) in [6.07, 6.45) is 5.43. The second-order valence-corrected chi connectivity index (χ2v) is 7.02. The van der Waals surface area contributed by atoms with Crippen LogP contribution in [0.2, 0.25) is 0 Å². The maximum atomic E-state index is 11.4. The Balaban J connectivity index is 1.61. The summed E-state index contributed by atoms with van der Waals surface area (Å²) in [6, 6.07) is 12.3. The van der Waals surface area contributed by atoms with Gasteiger partial charge in [-0.25, -0.2) is 9.78 Å². The Morgan fingerprint density at radius 2 is 2.10 bits per heavy atom. The molecule has 1 aliphatic rings. The number of aromatic amines is 2. The highest BCUT2D eigenvalue weighted by Crippen LogP contribution is 2.22. The third-order valence-electron chi connectivity index (χ3n) is 4.69. The van der Waals surface area contributed by atoms with Gasteiger partial charge in [-0.1, -0.05) is 30.3 Å². The quantitative estimate of drug-likeness (QED) is 0.400. The zero-order chi connectivity index (χ0) is 19.8. The van der Waals surface area contributed by atoms with Gasteiger partial charge in [0.05, 0.1) is 12.2 Å². The number of aromatic hydroxyl groups is 1. The van der Waals surface area contributed by atoms with Gasteiger partial charge in [-0.15, -0.1) is 0 Å². The SMILES string of the molecule is O=c1[nH]c(O)c(/C=c2\cnn3c(=NC4CC4)cc(NCc4ccccc4)nc23)[nH]1. The first-order valence-corrected chi connectivity index (χ1v) is 9.39. The van der Waals surface area contributed by atoms with Crippen LogP contribution in [0.5, 0.6) is 5.88 Å². The van der Waals surface area contributed by atoms with Crippen LogP contribution in [0.4, 0.5) is 5.82 Å². The molecule has 1 aromatic carbocycles.